The van der Waals surface area contributed by atoms with Gasteiger partial charge in [0.1, 0.15) is 0 Å². The smallest absolute Gasteiger partial charge is 0.0288 e. The number of fused-ring (bicyclic) bond motifs is 12. The van der Waals surface area contributed by atoms with Crippen LogP contribution in [0.4, 0.5) is 0 Å². The molecule has 2 unspecified atom stereocenters. The summed E-state index contributed by atoms with van der Waals surface area (Å²) >= 11 is 0. The first-order chi connectivity index (χ1) is 25.5. The summed E-state index contributed by atoms with van der Waals surface area (Å²) < 4.78 is 0. The molecular weight excluding hydrogens is 637 g/mol. The van der Waals surface area contributed by atoms with Gasteiger partial charge in [-0.1, -0.05) is 186 Å². The fourth-order valence-corrected chi connectivity index (χ4v) is 14.7. The van der Waals surface area contributed by atoms with Gasteiger partial charge in [0.15, 0.2) is 0 Å². The van der Waals surface area contributed by atoms with Gasteiger partial charge in [-0.05, 0) is 120 Å². The van der Waals surface area contributed by atoms with Gasteiger partial charge in [-0.25, -0.2) is 0 Å². The first kappa shape index (κ1) is 34.4. The Hall–Kier alpha value is -3.12. The molecular formula is C53H64. The van der Waals surface area contributed by atoms with Gasteiger partial charge in [0.25, 0.3) is 0 Å². The van der Waals surface area contributed by atoms with Gasteiger partial charge in [0.05, 0.1) is 0 Å². The van der Waals surface area contributed by atoms with Gasteiger partial charge in [0, 0.05) is 16.2 Å². The summed E-state index contributed by atoms with van der Waals surface area (Å²) in [6.07, 6.45) is 15.4. The van der Waals surface area contributed by atoms with E-state index in [4.69, 9.17) is 0 Å². The van der Waals surface area contributed by atoms with Crippen LogP contribution >= 0.6 is 0 Å². The van der Waals surface area contributed by atoms with Gasteiger partial charge in [-0.3, -0.25) is 0 Å². The standard InChI is InChI=1S/C53H64/c1-31(2)29-33-23-25-37-36(30-33)24-26-39-44-42(28-27-40-48(44)52(7,8)49-38-21-15-16-22-41(38)51(5,6)50(40)49)53(47(37)39)45(34-17-11-9-12-18-34)43(32(3)4)46(53)35-19-13-10-14-20-35/h15-16,21-28,30-32,34-35,43,45-46H,9-14,17-20,29H2,1-8H3. The van der Waals surface area contributed by atoms with E-state index in [1.54, 1.807) is 49.9 Å². The largest absolute Gasteiger partial charge is 0.0625 e. The molecule has 1 spiro atoms. The van der Waals surface area contributed by atoms with E-state index in [-0.39, 0.29) is 16.2 Å². The van der Waals surface area contributed by atoms with Crippen molar-refractivity contribution >= 4 is 21.9 Å². The Labute approximate surface area is 321 Å². The summed E-state index contributed by atoms with van der Waals surface area (Å²) in [7, 11) is 0. The topological polar surface area (TPSA) is 0 Å². The number of benzene rings is 4. The van der Waals surface area contributed by atoms with Crippen LogP contribution in [0, 0.1) is 41.4 Å². The van der Waals surface area contributed by atoms with Gasteiger partial charge in [-0.15, -0.1) is 0 Å². The highest BCUT2D eigenvalue weighted by Gasteiger charge is 2.70. The molecule has 0 bridgehead atoms. The fraction of sp³-hybridized carbons (Fsp3) is 0.547. The van der Waals surface area contributed by atoms with Crippen molar-refractivity contribution in [3.05, 3.63) is 106 Å². The average molecular weight is 701 g/mol. The van der Waals surface area contributed by atoms with E-state index in [1.165, 1.54) is 86.3 Å². The second-order valence-electron chi connectivity index (χ2n) is 20.6. The molecule has 4 aromatic rings. The Morgan fingerprint density at radius 2 is 1.21 bits per heavy atom. The van der Waals surface area contributed by atoms with Gasteiger partial charge in [-0.2, -0.15) is 0 Å². The van der Waals surface area contributed by atoms with E-state index in [0.29, 0.717) is 11.8 Å². The Kier molecular flexibility index (Phi) is 7.74. The molecule has 6 aliphatic carbocycles. The van der Waals surface area contributed by atoms with Crippen molar-refractivity contribution in [3.8, 4) is 11.1 Å². The van der Waals surface area contributed by atoms with E-state index >= 15 is 0 Å². The molecule has 6 aliphatic rings. The van der Waals surface area contributed by atoms with Gasteiger partial charge in [0.2, 0.25) is 0 Å². The fourth-order valence-electron chi connectivity index (χ4n) is 14.7. The average Bonchev–Trinajstić information content (AvgIpc) is 3.68. The first-order valence-corrected chi connectivity index (χ1v) is 22.1. The van der Waals surface area contributed by atoms with Crippen LogP contribution in [0.15, 0.2) is 66.7 Å². The highest BCUT2D eigenvalue weighted by Crippen LogP contribution is 2.76. The second kappa shape index (κ2) is 11.9. The molecule has 0 nitrogen and oxygen atoms in total. The third kappa shape index (κ3) is 4.48. The Morgan fingerprint density at radius 3 is 1.85 bits per heavy atom. The van der Waals surface area contributed by atoms with E-state index in [0.717, 1.165) is 36.0 Å². The van der Waals surface area contributed by atoms with Crippen molar-refractivity contribution in [2.24, 2.45) is 41.4 Å². The summed E-state index contributed by atoms with van der Waals surface area (Å²) in [6, 6.07) is 27.7. The molecule has 3 saturated carbocycles. The quantitative estimate of drug-likeness (QED) is 0.194. The zero-order valence-electron chi connectivity index (χ0n) is 34.2. The SMILES string of the molecule is CC(C)Cc1ccc2c3c(ccc2c1)-c1c(ccc2c1C(C)(C)C1=C2C(C)(C)c2ccccc21)C31C(C2CCCCC2)C(C(C)C)C1C1CCCCC1. The lowest BCUT2D eigenvalue weighted by molar-refractivity contribution is -0.130. The van der Waals surface area contributed by atoms with Crippen molar-refractivity contribution < 1.29 is 0 Å². The summed E-state index contributed by atoms with van der Waals surface area (Å²) in [5.41, 5.74) is 17.7. The minimum Gasteiger partial charge on any atom is -0.0625 e. The molecule has 0 aliphatic heterocycles. The number of allylic oxidation sites excluding steroid dienone is 2. The number of hydrogen-bond donors (Lipinski definition) is 0. The maximum atomic E-state index is 2.75. The van der Waals surface area contributed by atoms with Gasteiger partial charge >= 0.3 is 0 Å². The molecule has 0 N–H and O–H groups in total. The lowest BCUT2D eigenvalue weighted by Gasteiger charge is -2.68. The minimum absolute atomic E-state index is 0.00746. The Morgan fingerprint density at radius 1 is 0.585 bits per heavy atom. The molecule has 0 aromatic heterocycles. The van der Waals surface area contributed by atoms with E-state index in [1.807, 2.05) is 0 Å². The van der Waals surface area contributed by atoms with Crippen LogP contribution < -0.4 is 0 Å². The third-order valence-electron chi connectivity index (χ3n) is 16.3. The van der Waals surface area contributed by atoms with Gasteiger partial charge < -0.3 is 0 Å². The van der Waals surface area contributed by atoms with Crippen LogP contribution in [-0.2, 0) is 22.7 Å². The second-order valence-corrected chi connectivity index (χ2v) is 20.6. The highest BCUT2D eigenvalue weighted by molar-refractivity contribution is 6.12. The van der Waals surface area contributed by atoms with Crippen LogP contribution in [0.25, 0.3) is 33.0 Å². The van der Waals surface area contributed by atoms with Crippen molar-refractivity contribution in [1.82, 2.24) is 0 Å². The zero-order chi connectivity index (χ0) is 36.6. The van der Waals surface area contributed by atoms with Crippen LogP contribution in [0.3, 0.4) is 0 Å². The number of hydrogen-bond acceptors (Lipinski definition) is 0. The summed E-state index contributed by atoms with van der Waals surface area (Å²) in [5, 5.41) is 3.06. The normalized spacial score (nSPS) is 28.4. The summed E-state index contributed by atoms with van der Waals surface area (Å²) in [4.78, 5) is 0. The van der Waals surface area contributed by atoms with E-state index < -0.39 is 0 Å². The summed E-state index contributed by atoms with van der Waals surface area (Å²) in [5.74, 6) is 5.25. The molecule has 53 heavy (non-hydrogen) atoms. The van der Waals surface area contributed by atoms with Crippen molar-refractivity contribution in [3.63, 3.8) is 0 Å². The predicted molar refractivity (Wildman–Crippen MR) is 226 cm³/mol. The molecule has 0 saturated heterocycles. The van der Waals surface area contributed by atoms with Crippen molar-refractivity contribution in [2.75, 3.05) is 0 Å². The molecule has 0 amide bonds. The monoisotopic (exact) mass is 701 g/mol. The molecule has 0 heterocycles. The van der Waals surface area contributed by atoms with Crippen LogP contribution in [0.1, 0.15) is 159 Å². The molecule has 10 rings (SSSR count). The molecule has 276 valence electrons. The zero-order valence-corrected chi connectivity index (χ0v) is 34.2. The van der Waals surface area contributed by atoms with Crippen molar-refractivity contribution in [2.45, 2.75) is 142 Å². The third-order valence-corrected chi connectivity index (χ3v) is 16.3. The maximum absolute atomic E-state index is 2.75. The predicted octanol–water partition coefficient (Wildman–Crippen LogP) is 14.5. The maximum Gasteiger partial charge on any atom is 0.0288 e. The van der Waals surface area contributed by atoms with E-state index in [9.17, 15) is 0 Å². The molecule has 0 radical (unpaired) electrons. The Balaban J connectivity index is 1.29. The van der Waals surface area contributed by atoms with Crippen molar-refractivity contribution in [1.29, 1.82) is 0 Å². The highest BCUT2D eigenvalue weighted by atomic mass is 14.7. The lowest BCUT2D eigenvalue weighted by atomic mass is 9.35. The lowest BCUT2D eigenvalue weighted by Crippen LogP contribution is -2.66. The van der Waals surface area contributed by atoms with Crippen LogP contribution in [-0.4, -0.2) is 0 Å². The summed E-state index contributed by atoms with van der Waals surface area (Å²) in [6.45, 7) is 20.1. The molecule has 0 heteroatoms. The van der Waals surface area contributed by atoms with Crippen LogP contribution in [0.5, 0.6) is 0 Å². The number of rotatable bonds is 5. The molecule has 2 atom stereocenters. The Bertz CT molecular complexity index is 2130. The first-order valence-electron chi connectivity index (χ1n) is 22.1. The van der Waals surface area contributed by atoms with Crippen LogP contribution in [0.2, 0.25) is 0 Å². The minimum atomic E-state index is -0.0688. The van der Waals surface area contributed by atoms with E-state index in [2.05, 4.69) is 122 Å². The molecule has 3 fully saturated rings. The molecule has 4 aromatic carbocycles.